The Balaban J connectivity index is 1.37. The number of pyridine rings is 1. The van der Waals surface area contributed by atoms with Gasteiger partial charge in [0.15, 0.2) is 24.0 Å². The molecule has 2 aromatic heterocycles. The normalized spacial score (nSPS) is 19.5. The van der Waals surface area contributed by atoms with Gasteiger partial charge < -0.3 is 23.4 Å². The molecule has 0 amide bonds. The fraction of sp³-hybridized carbons (Fsp3) is 0.152. The van der Waals surface area contributed by atoms with Crippen LogP contribution in [0.2, 0.25) is 0 Å². The van der Waals surface area contributed by atoms with E-state index in [0.29, 0.717) is 10.9 Å². The molecule has 6 rings (SSSR count). The molecule has 43 heavy (non-hydrogen) atoms. The Morgan fingerprint density at radius 3 is 1.79 bits per heavy atom. The van der Waals surface area contributed by atoms with Gasteiger partial charge in [-0.05, 0) is 48.5 Å². The molecule has 1 aliphatic heterocycles. The molecule has 5 aromatic rings. The average molecular weight is 580 g/mol. The molecule has 1 saturated heterocycles. The lowest BCUT2D eigenvalue weighted by Gasteiger charge is -2.25. The maximum Gasteiger partial charge on any atom is 0.338 e. The molecule has 0 radical (unpaired) electrons. The minimum absolute atomic E-state index is 0.0658. The third kappa shape index (κ3) is 5.81. The zero-order chi connectivity index (χ0) is 29.8. The Morgan fingerprint density at radius 1 is 0.674 bits per heavy atom. The molecule has 0 aliphatic carbocycles. The van der Waals surface area contributed by atoms with Gasteiger partial charge in [-0.15, -0.1) is 0 Å². The van der Waals surface area contributed by atoms with Crippen LogP contribution in [0.1, 0.15) is 37.3 Å². The van der Waals surface area contributed by atoms with Gasteiger partial charge in [0.25, 0.3) is 5.56 Å². The lowest BCUT2D eigenvalue weighted by atomic mass is 10.1. The highest BCUT2D eigenvalue weighted by molar-refractivity contribution is 5.91. The summed E-state index contributed by atoms with van der Waals surface area (Å²) >= 11 is 0. The number of fused-ring (bicyclic) bond motifs is 1. The van der Waals surface area contributed by atoms with Crippen LogP contribution in [0.15, 0.2) is 125 Å². The van der Waals surface area contributed by atoms with E-state index in [-0.39, 0.29) is 23.3 Å². The van der Waals surface area contributed by atoms with Crippen LogP contribution in [0.5, 0.6) is 0 Å². The summed E-state index contributed by atoms with van der Waals surface area (Å²) in [4.78, 5) is 52.8. The van der Waals surface area contributed by atoms with Crippen molar-refractivity contribution < 1.29 is 37.7 Å². The Labute approximate surface area is 245 Å². The number of esters is 3. The van der Waals surface area contributed by atoms with Gasteiger partial charge in [-0.25, -0.2) is 14.4 Å². The number of ether oxygens (including phenoxy) is 4. The summed E-state index contributed by atoms with van der Waals surface area (Å²) in [6.07, 6.45) is -2.10. The van der Waals surface area contributed by atoms with Gasteiger partial charge in [0.2, 0.25) is 0 Å². The van der Waals surface area contributed by atoms with Crippen LogP contribution in [0, 0.1) is 0 Å². The smallest absolute Gasteiger partial charge is 0.338 e. The molecule has 216 valence electrons. The predicted octanol–water partition coefficient (Wildman–Crippen LogP) is 4.80. The van der Waals surface area contributed by atoms with Crippen molar-refractivity contribution in [2.24, 2.45) is 0 Å². The summed E-state index contributed by atoms with van der Waals surface area (Å²) in [7, 11) is 0. The van der Waals surface area contributed by atoms with Crippen LogP contribution < -0.4 is 5.56 Å². The molecule has 0 saturated carbocycles. The van der Waals surface area contributed by atoms with E-state index in [1.165, 1.54) is 17.0 Å². The van der Waals surface area contributed by atoms with Crippen LogP contribution in [0.25, 0.3) is 11.0 Å². The molecule has 0 spiro atoms. The standard InChI is InChI=1S/C33H25NO9/c35-29-26-21(17-19-39-26)16-18-34(29)30-28(43-33(38)24-14-8-3-9-15-24)27(42-32(37)23-12-6-2-7-13-23)25(41-30)20-40-31(36)22-10-4-1-5-11-22/h1-19,25,27-28,30H,20H2/t25-,27+,28-,30-/m1/s1. The number of hydrogen-bond donors (Lipinski definition) is 0. The third-order valence-corrected chi connectivity index (χ3v) is 6.99. The van der Waals surface area contributed by atoms with Gasteiger partial charge in [0.1, 0.15) is 12.7 Å². The molecule has 0 N–H and O–H groups in total. The van der Waals surface area contributed by atoms with Gasteiger partial charge in [-0.2, -0.15) is 0 Å². The van der Waals surface area contributed by atoms with Crippen molar-refractivity contribution in [3.05, 3.63) is 143 Å². The summed E-state index contributed by atoms with van der Waals surface area (Å²) in [5.41, 5.74) is 0.302. The molecule has 3 aromatic carbocycles. The van der Waals surface area contributed by atoms with Crippen molar-refractivity contribution in [3.8, 4) is 0 Å². The fourth-order valence-electron chi connectivity index (χ4n) is 4.85. The number of rotatable bonds is 8. The highest BCUT2D eigenvalue weighted by atomic mass is 16.7. The van der Waals surface area contributed by atoms with Crippen molar-refractivity contribution >= 4 is 28.9 Å². The van der Waals surface area contributed by atoms with Gasteiger partial charge in [-0.3, -0.25) is 9.36 Å². The Hall–Kier alpha value is -5.48. The molecule has 1 aliphatic rings. The van der Waals surface area contributed by atoms with E-state index in [4.69, 9.17) is 23.4 Å². The molecule has 0 unspecified atom stereocenters. The summed E-state index contributed by atoms with van der Waals surface area (Å²) in [5.74, 6) is -2.08. The van der Waals surface area contributed by atoms with E-state index in [2.05, 4.69) is 0 Å². The van der Waals surface area contributed by atoms with E-state index in [1.807, 2.05) is 0 Å². The number of benzene rings is 3. The first-order valence-electron chi connectivity index (χ1n) is 13.5. The van der Waals surface area contributed by atoms with Crippen molar-refractivity contribution in [1.82, 2.24) is 4.57 Å². The number of hydrogen-bond acceptors (Lipinski definition) is 9. The van der Waals surface area contributed by atoms with Gasteiger partial charge in [0, 0.05) is 11.6 Å². The second kappa shape index (κ2) is 12.2. The highest BCUT2D eigenvalue weighted by Gasteiger charge is 2.51. The van der Waals surface area contributed by atoms with E-state index < -0.39 is 48.0 Å². The molecule has 3 heterocycles. The minimum Gasteiger partial charge on any atom is -0.459 e. The highest BCUT2D eigenvalue weighted by Crippen LogP contribution is 2.35. The molecule has 10 heteroatoms. The lowest BCUT2D eigenvalue weighted by Crippen LogP contribution is -2.42. The first kappa shape index (κ1) is 27.7. The Kier molecular flexibility index (Phi) is 7.84. The fourth-order valence-corrected chi connectivity index (χ4v) is 4.85. The predicted molar refractivity (Wildman–Crippen MR) is 152 cm³/mol. The van der Waals surface area contributed by atoms with Crippen molar-refractivity contribution in [3.63, 3.8) is 0 Å². The summed E-state index contributed by atoms with van der Waals surface area (Å²) in [6.45, 7) is -0.367. The quantitative estimate of drug-likeness (QED) is 0.188. The molecule has 4 atom stereocenters. The van der Waals surface area contributed by atoms with Gasteiger partial charge in [0.05, 0.1) is 23.0 Å². The second-order valence-corrected chi connectivity index (χ2v) is 9.73. The van der Waals surface area contributed by atoms with E-state index >= 15 is 0 Å². The number of furan rings is 1. The Bertz CT molecular complexity index is 1800. The summed E-state index contributed by atoms with van der Waals surface area (Å²) < 4.78 is 30.2. The van der Waals surface area contributed by atoms with E-state index in [9.17, 15) is 19.2 Å². The van der Waals surface area contributed by atoms with Crippen molar-refractivity contribution in [1.29, 1.82) is 0 Å². The molecular formula is C33H25NO9. The topological polar surface area (TPSA) is 123 Å². The van der Waals surface area contributed by atoms with Crippen LogP contribution in [0.3, 0.4) is 0 Å². The zero-order valence-electron chi connectivity index (χ0n) is 22.6. The monoisotopic (exact) mass is 579 g/mol. The second-order valence-electron chi connectivity index (χ2n) is 9.73. The lowest BCUT2D eigenvalue weighted by molar-refractivity contribution is -0.0633. The maximum absolute atomic E-state index is 13.4. The third-order valence-electron chi connectivity index (χ3n) is 6.99. The largest absolute Gasteiger partial charge is 0.459 e. The minimum atomic E-state index is -1.31. The van der Waals surface area contributed by atoms with Crippen LogP contribution in [0.4, 0.5) is 0 Å². The summed E-state index contributed by atoms with van der Waals surface area (Å²) in [6, 6.07) is 28.1. The SMILES string of the molecule is O=C(OC[C@H]1O[C@@H](n2ccc3ccoc3c2=O)[C@H](OC(=O)c2ccccc2)[C@H]1OC(=O)c1ccccc1)c1ccccc1. The number of nitrogens with zero attached hydrogens (tertiary/aromatic N) is 1. The zero-order valence-corrected chi connectivity index (χ0v) is 22.6. The first-order chi connectivity index (χ1) is 21.0. The molecule has 0 bridgehead atoms. The van der Waals surface area contributed by atoms with Crippen LogP contribution in [-0.4, -0.2) is 47.4 Å². The molecule has 10 nitrogen and oxygen atoms in total. The van der Waals surface area contributed by atoms with Crippen molar-refractivity contribution in [2.45, 2.75) is 24.5 Å². The molecule has 1 fully saturated rings. The average Bonchev–Trinajstić information content (AvgIpc) is 3.67. The van der Waals surface area contributed by atoms with Crippen LogP contribution in [-0.2, 0) is 18.9 Å². The first-order valence-corrected chi connectivity index (χ1v) is 13.5. The number of aromatic nitrogens is 1. The van der Waals surface area contributed by atoms with E-state index in [1.54, 1.807) is 103 Å². The maximum atomic E-state index is 13.4. The van der Waals surface area contributed by atoms with Gasteiger partial charge >= 0.3 is 17.9 Å². The van der Waals surface area contributed by atoms with Gasteiger partial charge in [-0.1, -0.05) is 54.6 Å². The van der Waals surface area contributed by atoms with E-state index in [0.717, 1.165) is 0 Å². The Morgan fingerprint density at radius 2 is 1.21 bits per heavy atom. The van der Waals surface area contributed by atoms with Crippen molar-refractivity contribution in [2.75, 3.05) is 6.61 Å². The molecular weight excluding hydrogens is 554 g/mol. The number of carbonyl (C=O) groups excluding carboxylic acids is 3. The van der Waals surface area contributed by atoms with Crippen LogP contribution >= 0.6 is 0 Å². The summed E-state index contributed by atoms with van der Waals surface area (Å²) in [5, 5.41) is 0.567. The number of carbonyl (C=O) groups is 3.